The molecular formula is C21H24N6O3. The molecule has 30 heavy (non-hydrogen) atoms. The first kappa shape index (κ1) is 19.7. The lowest BCUT2D eigenvalue weighted by molar-refractivity contribution is -0.130. The molecule has 0 radical (unpaired) electrons. The number of anilines is 2. The van der Waals surface area contributed by atoms with Crippen LogP contribution in [-0.2, 0) is 4.79 Å². The molecule has 2 amide bonds. The van der Waals surface area contributed by atoms with Gasteiger partial charge in [0.1, 0.15) is 17.3 Å². The van der Waals surface area contributed by atoms with E-state index in [1.54, 1.807) is 23.8 Å². The lowest BCUT2D eigenvalue weighted by Crippen LogP contribution is -2.50. The summed E-state index contributed by atoms with van der Waals surface area (Å²) in [5.74, 6) is 1.71. The first-order valence-electron chi connectivity index (χ1n) is 9.77. The van der Waals surface area contributed by atoms with E-state index < -0.39 is 0 Å². The van der Waals surface area contributed by atoms with Crippen molar-refractivity contribution in [3.05, 3.63) is 41.7 Å². The van der Waals surface area contributed by atoms with E-state index in [9.17, 15) is 9.59 Å². The Bertz CT molecular complexity index is 1100. The third-order valence-corrected chi connectivity index (χ3v) is 5.22. The normalized spacial score (nSPS) is 14.1. The molecule has 2 N–H and O–H groups in total. The number of H-pyrrole nitrogens is 1. The molecule has 4 rings (SSSR count). The summed E-state index contributed by atoms with van der Waals surface area (Å²) in [6.45, 7) is 5.47. The third-order valence-electron chi connectivity index (χ3n) is 5.22. The molecule has 9 heteroatoms. The number of aryl methyl sites for hydroxylation is 1. The molecule has 1 fully saturated rings. The minimum Gasteiger partial charge on any atom is -0.497 e. The van der Waals surface area contributed by atoms with Crippen molar-refractivity contribution < 1.29 is 14.3 Å². The summed E-state index contributed by atoms with van der Waals surface area (Å²) >= 11 is 0. The predicted molar refractivity (Wildman–Crippen MR) is 113 cm³/mol. The van der Waals surface area contributed by atoms with E-state index in [0.29, 0.717) is 49.3 Å². The number of benzene rings is 1. The fraction of sp³-hybridized carbons (Fsp3) is 0.333. The summed E-state index contributed by atoms with van der Waals surface area (Å²) in [5.41, 5.74) is 1.28. The average molecular weight is 408 g/mol. The zero-order valence-corrected chi connectivity index (χ0v) is 17.2. The van der Waals surface area contributed by atoms with Gasteiger partial charge in [-0.2, -0.15) is 5.10 Å². The maximum Gasteiger partial charge on any atom is 0.273 e. The topological polar surface area (TPSA) is 103 Å². The van der Waals surface area contributed by atoms with Crippen LogP contribution in [0.1, 0.15) is 23.1 Å². The number of aromatic nitrogens is 3. The number of hydrogen-bond acceptors (Lipinski definition) is 6. The highest BCUT2D eigenvalue weighted by Crippen LogP contribution is 2.27. The zero-order valence-electron chi connectivity index (χ0n) is 17.2. The van der Waals surface area contributed by atoms with Crippen LogP contribution in [-0.4, -0.2) is 70.1 Å². The van der Waals surface area contributed by atoms with E-state index in [0.717, 1.165) is 16.5 Å². The molecule has 3 heterocycles. The lowest BCUT2D eigenvalue weighted by Gasteiger charge is -2.34. The standard InChI is InChI=1S/C21H24N6O3/c1-13-10-19(25-24-13)22-18-12-15-11-16(30-3)4-5-17(15)20(23-18)21(29)27-8-6-26(7-9-27)14(2)28/h4-5,10-12H,6-9H2,1-3H3,(H2,22,23,24,25). The van der Waals surface area contributed by atoms with Crippen molar-refractivity contribution in [1.29, 1.82) is 0 Å². The number of hydrogen-bond donors (Lipinski definition) is 2. The maximum atomic E-state index is 13.3. The van der Waals surface area contributed by atoms with Crippen molar-refractivity contribution in [3.8, 4) is 5.75 Å². The minimum atomic E-state index is -0.157. The molecule has 0 atom stereocenters. The van der Waals surface area contributed by atoms with Gasteiger partial charge in [0.05, 0.1) is 7.11 Å². The molecule has 0 saturated carbocycles. The number of pyridine rings is 1. The van der Waals surface area contributed by atoms with Crippen LogP contribution in [0.25, 0.3) is 10.8 Å². The van der Waals surface area contributed by atoms with Crippen LogP contribution in [0.5, 0.6) is 5.75 Å². The Morgan fingerprint density at radius 3 is 2.43 bits per heavy atom. The number of methoxy groups -OCH3 is 1. The van der Waals surface area contributed by atoms with Gasteiger partial charge in [-0.1, -0.05) is 0 Å². The van der Waals surface area contributed by atoms with Crippen molar-refractivity contribution in [1.82, 2.24) is 25.0 Å². The Labute approximate surface area is 174 Å². The molecule has 156 valence electrons. The number of amides is 2. The van der Waals surface area contributed by atoms with Crippen LogP contribution in [0.2, 0.25) is 0 Å². The van der Waals surface area contributed by atoms with E-state index in [-0.39, 0.29) is 11.8 Å². The van der Waals surface area contributed by atoms with Crippen molar-refractivity contribution >= 4 is 34.2 Å². The van der Waals surface area contributed by atoms with E-state index in [1.165, 1.54) is 0 Å². The van der Waals surface area contributed by atoms with Crippen LogP contribution >= 0.6 is 0 Å². The van der Waals surface area contributed by atoms with E-state index in [1.807, 2.05) is 37.3 Å². The number of piperazine rings is 1. The van der Waals surface area contributed by atoms with Gasteiger partial charge in [-0.15, -0.1) is 0 Å². The number of rotatable bonds is 4. The molecule has 1 aromatic carbocycles. The van der Waals surface area contributed by atoms with Gasteiger partial charge < -0.3 is 19.9 Å². The largest absolute Gasteiger partial charge is 0.497 e. The van der Waals surface area contributed by atoms with Crippen molar-refractivity contribution in [3.63, 3.8) is 0 Å². The zero-order chi connectivity index (χ0) is 21.3. The highest BCUT2D eigenvalue weighted by molar-refractivity contribution is 6.06. The van der Waals surface area contributed by atoms with Gasteiger partial charge >= 0.3 is 0 Å². The smallest absolute Gasteiger partial charge is 0.273 e. The first-order valence-corrected chi connectivity index (χ1v) is 9.77. The monoisotopic (exact) mass is 408 g/mol. The third kappa shape index (κ3) is 3.91. The molecule has 0 bridgehead atoms. The Hall–Kier alpha value is -3.62. The summed E-state index contributed by atoms with van der Waals surface area (Å²) in [6.07, 6.45) is 0. The summed E-state index contributed by atoms with van der Waals surface area (Å²) < 4.78 is 5.34. The molecule has 3 aromatic rings. The molecule has 9 nitrogen and oxygen atoms in total. The van der Waals surface area contributed by atoms with E-state index >= 15 is 0 Å². The number of carbonyl (C=O) groups is 2. The lowest BCUT2D eigenvalue weighted by atomic mass is 10.1. The SMILES string of the molecule is COc1ccc2c(C(=O)N3CCN(C(C)=O)CC3)nc(Nc3cc(C)[nH]n3)cc2c1. The Kier molecular flexibility index (Phi) is 5.26. The molecule has 0 aliphatic carbocycles. The molecule has 2 aromatic heterocycles. The highest BCUT2D eigenvalue weighted by Gasteiger charge is 2.26. The Morgan fingerprint density at radius 1 is 1.07 bits per heavy atom. The summed E-state index contributed by atoms with van der Waals surface area (Å²) in [5, 5.41) is 11.8. The maximum absolute atomic E-state index is 13.3. The van der Waals surface area contributed by atoms with Gasteiger partial charge in [-0.25, -0.2) is 4.98 Å². The number of nitrogens with zero attached hydrogens (tertiary/aromatic N) is 4. The second-order valence-electron chi connectivity index (χ2n) is 7.30. The number of nitrogens with one attached hydrogen (secondary N) is 2. The summed E-state index contributed by atoms with van der Waals surface area (Å²) in [6, 6.07) is 9.27. The quantitative estimate of drug-likeness (QED) is 0.687. The van der Waals surface area contributed by atoms with E-state index in [4.69, 9.17) is 4.74 Å². The van der Waals surface area contributed by atoms with Gasteiger partial charge in [0.15, 0.2) is 5.82 Å². The molecule has 0 unspecified atom stereocenters. The van der Waals surface area contributed by atoms with Gasteiger partial charge in [0.25, 0.3) is 5.91 Å². The van der Waals surface area contributed by atoms with Gasteiger partial charge in [-0.3, -0.25) is 14.7 Å². The van der Waals surface area contributed by atoms with Crippen LogP contribution in [0.4, 0.5) is 11.6 Å². The van der Waals surface area contributed by atoms with Crippen LogP contribution < -0.4 is 10.1 Å². The van der Waals surface area contributed by atoms with Crippen molar-refractivity contribution in [2.75, 3.05) is 38.6 Å². The first-order chi connectivity index (χ1) is 14.4. The Morgan fingerprint density at radius 2 is 1.80 bits per heavy atom. The van der Waals surface area contributed by atoms with Crippen LogP contribution in [0, 0.1) is 6.92 Å². The predicted octanol–water partition coefficient (Wildman–Crippen LogP) is 2.32. The molecular weight excluding hydrogens is 384 g/mol. The number of carbonyl (C=O) groups excluding carboxylic acids is 2. The average Bonchev–Trinajstić information content (AvgIpc) is 3.16. The van der Waals surface area contributed by atoms with Crippen LogP contribution in [0.3, 0.4) is 0 Å². The number of ether oxygens (including phenoxy) is 1. The van der Waals surface area contributed by atoms with Gasteiger partial charge in [0, 0.05) is 50.2 Å². The molecule has 1 aliphatic heterocycles. The molecule has 1 aliphatic rings. The molecule has 1 saturated heterocycles. The van der Waals surface area contributed by atoms with Gasteiger partial charge in [0.2, 0.25) is 5.91 Å². The van der Waals surface area contributed by atoms with E-state index in [2.05, 4.69) is 20.5 Å². The minimum absolute atomic E-state index is 0.0262. The van der Waals surface area contributed by atoms with Gasteiger partial charge in [-0.05, 0) is 36.6 Å². The highest BCUT2D eigenvalue weighted by atomic mass is 16.5. The molecule has 0 spiro atoms. The van der Waals surface area contributed by atoms with Crippen molar-refractivity contribution in [2.45, 2.75) is 13.8 Å². The second kappa shape index (κ2) is 8.02. The second-order valence-corrected chi connectivity index (χ2v) is 7.30. The number of aromatic amines is 1. The number of fused-ring (bicyclic) bond motifs is 1. The Balaban J connectivity index is 1.69. The summed E-state index contributed by atoms with van der Waals surface area (Å²) in [4.78, 5) is 33.0. The van der Waals surface area contributed by atoms with Crippen molar-refractivity contribution in [2.24, 2.45) is 0 Å². The van der Waals surface area contributed by atoms with Crippen LogP contribution in [0.15, 0.2) is 30.3 Å². The summed E-state index contributed by atoms with van der Waals surface area (Å²) in [7, 11) is 1.61. The fourth-order valence-electron chi connectivity index (χ4n) is 3.58. The fourth-order valence-corrected chi connectivity index (χ4v) is 3.58.